The first-order valence-electron chi connectivity index (χ1n) is 8.18. The first-order chi connectivity index (χ1) is 9.83. The van der Waals surface area contributed by atoms with Crippen LogP contribution in [0.3, 0.4) is 0 Å². The van der Waals surface area contributed by atoms with E-state index in [2.05, 4.69) is 47.2 Å². The molecule has 1 unspecified atom stereocenters. The summed E-state index contributed by atoms with van der Waals surface area (Å²) in [6, 6.07) is 7.53. The Balaban J connectivity index is 1.78. The average molecular weight is 273 g/mol. The molecule has 1 aromatic rings. The Morgan fingerprint density at radius 3 is 2.95 bits per heavy atom. The van der Waals surface area contributed by atoms with Crippen LogP contribution in [0.2, 0.25) is 0 Å². The molecule has 0 aliphatic carbocycles. The summed E-state index contributed by atoms with van der Waals surface area (Å²) in [5, 5.41) is 3.62. The predicted molar refractivity (Wildman–Crippen MR) is 86.8 cm³/mol. The standard InChI is InChI=1S/C17H27N3/c1-3-19(4-2)15-10-12-20(13-15)16-9-5-7-14-8-6-11-18-17(14)16/h5,7,9,15,18H,3-4,6,8,10-13H2,1-2H3. The molecule has 0 amide bonds. The van der Waals surface area contributed by atoms with Crippen molar-refractivity contribution in [3.8, 4) is 0 Å². The number of hydrogen-bond donors (Lipinski definition) is 1. The van der Waals surface area contributed by atoms with Crippen LogP contribution >= 0.6 is 0 Å². The molecule has 0 saturated carbocycles. The van der Waals surface area contributed by atoms with Crippen molar-refractivity contribution in [2.75, 3.05) is 42.9 Å². The summed E-state index contributed by atoms with van der Waals surface area (Å²) in [6.45, 7) is 10.4. The maximum absolute atomic E-state index is 3.62. The van der Waals surface area contributed by atoms with Crippen molar-refractivity contribution in [2.24, 2.45) is 0 Å². The lowest BCUT2D eigenvalue weighted by molar-refractivity contribution is 0.232. The normalized spacial score (nSPS) is 21.9. The first kappa shape index (κ1) is 13.7. The Morgan fingerprint density at radius 1 is 1.30 bits per heavy atom. The molecule has 1 saturated heterocycles. The smallest absolute Gasteiger partial charge is 0.0610 e. The molecule has 1 fully saturated rings. The van der Waals surface area contributed by atoms with Gasteiger partial charge in [-0.1, -0.05) is 26.0 Å². The Kier molecular flexibility index (Phi) is 4.16. The predicted octanol–water partition coefficient (Wildman–Crippen LogP) is 2.97. The molecule has 1 aromatic carbocycles. The minimum Gasteiger partial charge on any atom is -0.383 e. The van der Waals surface area contributed by atoms with Gasteiger partial charge in [-0.15, -0.1) is 0 Å². The zero-order valence-corrected chi connectivity index (χ0v) is 12.9. The molecular formula is C17H27N3. The topological polar surface area (TPSA) is 18.5 Å². The van der Waals surface area contributed by atoms with Crippen LogP contribution in [0.1, 0.15) is 32.3 Å². The third kappa shape index (κ3) is 2.51. The molecule has 3 heteroatoms. The number of likely N-dealkylation sites (N-methyl/N-ethyl adjacent to an activating group) is 1. The van der Waals surface area contributed by atoms with Crippen molar-refractivity contribution >= 4 is 11.4 Å². The van der Waals surface area contributed by atoms with Gasteiger partial charge < -0.3 is 10.2 Å². The van der Waals surface area contributed by atoms with Crippen molar-refractivity contribution in [1.82, 2.24) is 4.90 Å². The lowest BCUT2D eigenvalue weighted by Gasteiger charge is -2.29. The highest BCUT2D eigenvalue weighted by atomic mass is 15.3. The second-order valence-electron chi connectivity index (χ2n) is 5.95. The minimum atomic E-state index is 0.726. The van der Waals surface area contributed by atoms with E-state index in [9.17, 15) is 0 Å². The van der Waals surface area contributed by atoms with Gasteiger partial charge in [-0.05, 0) is 44.0 Å². The zero-order valence-electron chi connectivity index (χ0n) is 12.9. The lowest BCUT2D eigenvalue weighted by atomic mass is 10.0. The molecule has 2 heterocycles. The Bertz CT molecular complexity index is 454. The van der Waals surface area contributed by atoms with Crippen LogP contribution in [0.25, 0.3) is 0 Å². The lowest BCUT2D eigenvalue weighted by Crippen LogP contribution is -2.37. The number of rotatable bonds is 4. The van der Waals surface area contributed by atoms with Gasteiger partial charge in [0.1, 0.15) is 0 Å². The molecule has 3 nitrogen and oxygen atoms in total. The number of hydrogen-bond acceptors (Lipinski definition) is 3. The van der Waals surface area contributed by atoms with Crippen LogP contribution < -0.4 is 10.2 Å². The number of para-hydroxylation sites is 1. The molecule has 1 N–H and O–H groups in total. The second-order valence-corrected chi connectivity index (χ2v) is 5.95. The van der Waals surface area contributed by atoms with E-state index in [-0.39, 0.29) is 0 Å². The molecule has 0 bridgehead atoms. The number of nitrogens with zero attached hydrogens (tertiary/aromatic N) is 2. The Labute approximate surface area is 123 Å². The van der Waals surface area contributed by atoms with Crippen LogP contribution in [0, 0.1) is 0 Å². The summed E-state index contributed by atoms with van der Waals surface area (Å²) in [7, 11) is 0. The summed E-state index contributed by atoms with van der Waals surface area (Å²) in [5.74, 6) is 0. The van der Waals surface area contributed by atoms with E-state index >= 15 is 0 Å². The van der Waals surface area contributed by atoms with Gasteiger partial charge in [0.2, 0.25) is 0 Å². The molecular weight excluding hydrogens is 246 g/mol. The third-order valence-corrected chi connectivity index (χ3v) is 4.89. The van der Waals surface area contributed by atoms with Gasteiger partial charge in [-0.2, -0.15) is 0 Å². The van der Waals surface area contributed by atoms with E-state index in [1.807, 2.05) is 0 Å². The van der Waals surface area contributed by atoms with Gasteiger partial charge in [0, 0.05) is 25.7 Å². The molecule has 0 radical (unpaired) electrons. The van der Waals surface area contributed by atoms with Gasteiger partial charge >= 0.3 is 0 Å². The highest BCUT2D eigenvalue weighted by molar-refractivity contribution is 5.75. The molecule has 20 heavy (non-hydrogen) atoms. The molecule has 3 rings (SSSR count). The van der Waals surface area contributed by atoms with E-state index in [4.69, 9.17) is 0 Å². The highest BCUT2D eigenvalue weighted by Crippen LogP contribution is 2.35. The van der Waals surface area contributed by atoms with Crippen molar-refractivity contribution < 1.29 is 0 Å². The van der Waals surface area contributed by atoms with Crippen molar-refractivity contribution in [1.29, 1.82) is 0 Å². The van der Waals surface area contributed by atoms with Gasteiger partial charge in [0.25, 0.3) is 0 Å². The van der Waals surface area contributed by atoms with Crippen LogP contribution in [0.5, 0.6) is 0 Å². The fourth-order valence-electron chi connectivity index (χ4n) is 3.75. The van der Waals surface area contributed by atoms with Crippen molar-refractivity contribution in [2.45, 2.75) is 39.2 Å². The summed E-state index contributed by atoms with van der Waals surface area (Å²) in [5.41, 5.74) is 4.33. The third-order valence-electron chi connectivity index (χ3n) is 4.89. The van der Waals surface area contributed by atoms with Crippen LogP contribution in [0.4, 0.5) is 11.4 Å². The summed E-state index contributed by atoms with van der Waals surface area (Å²) < 4.78 is 0. The molecule has 110 valence electrons. The summed E-state index contributed by atoms with van der Waals surface area (Å²) in [4.78, 5) is 5.18. The Hall–Kier alpha value is -1.22. The molecule has 1 atom stereocenters. The maximum Gasteiger partial charge on any atom is 0.0610 e. The SMILES string of the molecule is CCN(CC)C1CCN(c2cccc3c2NCCC3)C1. The Morgan fingerprint density at radius 2 is 2.15 bits per heavy atom. The van der Waals surface area contributed by atoms with E-state index in [1.54, 1.807) is 0 Å². The number of anilines is 2. The van der Waals surface area contributed by atoms with Gasteiger partial charge in [0.15, 0.2) is 0 Å². The monoisotopic (exact) mass is 273 g/mol. The average Bonchev–Trinajstić information content (AvgIpc) is 2.97. The van der Waals surface area contributed by atoms with Crippen LogP contribution in [-0.2, 0) is 6.42 Å². The molecule has 2 aliphatic heterocycles. The van der Waals surface area contributed by atoms with E-state index in [0.29, 0.717) is 0 Å². The summed E-state index contributed by atoms with van der Waals surface area (Å²) in [6.07, 6.45) is 3.79. The molecule has 0 spiro atoms. The van der Waals surface area contributed by atoms with Gasteiger partial charge in [-0.25, -0.2) is 0 Å². The van der Waals surface area contributed by atoms with E-state index in [0.717, 1.165) is 12.6 Å². The minimum absolute atomic E-state index is 0.726. The zero-order chi connectivity index (χ0) is 13.9. The van der Waals surface area contributed by atoms with Crippen molar-refractivity contribution in [3.05, 3.63) is 23.8 Å². The van der Waals surface area contributed by atoms with Gasteiger partial charge in [0.05, 0.1) is 11.4 Å². The van der Waals surface area contributed by atoms with Crippen molar-refractivity contribution in [3.63, 3.8) is 0 Å². The van der Waals surface area contributed by atoms with Crippen LogP contribution in [-0.4, -0.2) is 43.7 Å². The number of fused-ring (bicyclic) bond motifs is 1. The van der Waals surface area contributed by atoms with E-state index in [1.165, 1.54) is 62.4 Å². The molecule has 0 aromatic heterocycles. The quantitative estimate of drug-likeness (QED) is 0.910. The van der Waals surface area contributed by atoms with Crippen LogP contribution in [0.15, 0.2) is 18.2 Å². The van der Waals surface area contributed by atoms with Gasteiger partial charge in [-0.3, -0.25) is 4.90 Å². The number of aryl methyl sites for hydroxylation is 1. The maximum atomic E-state index is 3.62. The number of benzene rings is 1. The second kappa shape index (κ2) is 6.04. The molecule has 2 aliphatic rings. The first-order valence-corrected chi connectivity index (χ1v) is 8.18. The number of nitrogens with one attached hydrogen (secondary N) is 1. The van der Waals surface area contributed by atoms with E-state index < -0.39 is 0 Å². The fraction of sp³-hybridized carbons (Fsp3) is 0.647. The summed E-state index contributed by atoms with van der Waals surface area (Å²) >= 11 is 0. The highest BCUT2D eigenvalue weighted by Gasteiger charge is 2.28. The largest absolute Gasteiger partial charge is 0.383 e. The fourth-order valence-corrected chi connectivity index (χ4v) is 3.75.